The summed E-state index contributed by atoms with van der Waals surface area (Å²) in [5.41, 5.74) is 4.19. The van der Waals surface area contributed by atoms with Crippen molar-refractivity contribution in [1.82, 2.24) is 10.2 Å². The summed E-state index contributed by atoms with van der Waals surface area (Å²) in [5, 5.41) is 8.87. The smallest absolute Gasteiger partial charge is 0.257 e. The first kappa shape index (κ1) is 23.4. The van der Waals surface area contributed by atoms with Crippen molar-refractivity contribution in [3.63, 3.8) is 0 Å². The van der Waals surface area contributed by atoms with Crippen LogP contribution in [0.4, 0.5) is 11.4 Å². The molecule has 1 aliphatic heterocycles. The molecule has 3 rings (SSSR count). The molecule has 2 aromatic rings. The van der Waals surface area contributed by atoms with Crippen LogP contribution in [0.25, 0.3) is 0 Å². The van der Waals surface area contributed by atoms with E-state index in [0.717, 1.165) is 49.7 Å². The Hall–Kier alpha value is -3.23. The number of guanidine groups is 1. The maximum Gasteiger partial charge on any atom is 0.257 e. The van der Waals surface area contributed by atoms with Gasteiger partial charge >= 0.3 is 0 Å². The first-order valence-corrected chi connectivity index (χ1v) is 10.8. The number of nitrogens with one attached hydrogen (secondary N) is 3. The summed E-state index contributed by atoms with van der Waals surface area (Å²) in [6.45, 7) is 10.1. The van der Waals surface area contributed by atoms with Crippen LogP contribution in [0.1, 0.15) is 28.4 Å². The number of anilines is 2. The van der Waals surface area contributed by atoms with Crippen molar-refractivity contribution >= 4 is 29.1 Å². The molecule has 0 spiro atoms. The van der Waals surface area contributed by atoms with E-state index in [2.05, 4.69) is 25.8 Å². The number of hydrogen-bond acceptors (Lipinski definition) is 5. The summed E-state index contributed by atoms with van der Waals surface area (Å²) in [6.07, 6.45) is 0. The maximum atomic E-state index is 12.8. The summed E-state index contributed by atoms with van der Waals surface area (Å²) < 4.78 is 5.39. The number of morpholine rings is 1. The molecule has 170 valence electrons. The zero-order chi connectivity index (χ0) is 22.9. The summed E-state index contributed by atoms with van der Waals surface area (Å²) >= 11 is 0. The van der Waals surface area contributed by atoms with E-state index in [1.54, 1.807) is 24.3 Å². The summed E-state index contributed by atoms with van der Waals surface area (Å²) in [4.78, 5) is 31.0. The predicted molar refractivity (Wildman–Crippen MR) is 127 cm³/mol. The minimum absolute atomic E-state index is 0.158. The van der Waals surface area contributed by atoms with Gasteiger partial charge < -0.3 is 15.4 Å². The Morgan fingerprint density at radius 2 is 1.75 bits per heavy atom. The molecule has 0 atom stereocenters. The van der Waals surface area contributed by atoms with Crippen molar-refractivity contribution in [3.05, 3.63) is 59.2 Å². The van der Waals surface area contributed by atoms with Crippen LogP contribution in [-0.2, 0) is 9.53 Å². The van der Waals surface area contributed by atoms with Crippen molar-refractivity contribution in [2.75, 3.05) is 50.0 Å². The molecule has 1 saturated heterocycles. The Bertz CT molecular complexity index is 966. The van der Waals surface area contributed by atoms with E-state index >= 15 is 0 Å². The molecule has 2 amide bonds. The van der Waals surface area contributed by atoms with Gasteiger partial charge in [0, 0.05) is 43.5 Å². The third-order valence-electron chi connectivity index (χ3n) is 5.14. The molecule has 8 heteroatoms. The number of hydrogen-bond donors (Lipinski definition) is 3. The second-order valence-electron chi connectivity index (χ2n) is 7.84. The summed E-state index contributed by atoms with van der Waals surface area (Å²) in [6, 6.07) is 12.8. The second kappa shape index (κ2) is 11.4. The monoisotopic (exact) mass is 437 g/mol. The standard InChI is InChI=1S/C24H31N5O3/c1-17-4-5-18(2)22(16-17)27-24(25-10-11-29-12-14-32-15-13-29)28-23(31)20-6-8-21(9-7-20)26-19(3)30/h4-9,16H,10-15H2,1-3H3,(H,26,30)(H2,25,27,28,31). The van der Waals surface area contributed by atoms with E-state index in [-0.39, 0.29) is 11.8 Å². The van der Waals surface area contributed by atoms with E-state index in [0.29, 0.717) is 23.8 Å². The lowest BCUT2D eigenvalue weighted by Crippen LogP contribution is -2.39. The average molecular weight is 438 g/mol. The van der Waals surface area contributed by atoms with Crippen LogP contribution in [-0.4, -0.2) is 62.1 Å². The van der Waals surface area contributed by atoms with Crippen molar-refractivity contribution in [1.29, 1.82) is 0 Å². The molecule has 32 heavy (non-hydrogen) atoms. The Labute approximate surface area is 189 Å². The first-order chi connectivity index (χ1) is 15.4. The van der Waals surface area contributed by atoms with Crippen molar-refractivity contribution < 1.29 is 14.3 Å². The molecule has 2 aromatic carbocycles. The van der Waals surface area contributed by atoms with Gasteiger partial charge in [0.2, 0.25) is 11.9 Å². The fraction of sp³-hybridized carbons (Fsp3) is 0.375. The fourth-order valence-corrected chi connectivity index (χ4v) is 3.32. The Kier molecular flexibility index (Phi) is 8.35. The molecule has 8 nitrogen and oxygen atoms in total. The number of benzene rings is 2. The normalized spacial score (nSPS) is 14.7. The number of amides is 2. The molecule has 0 saturated carbocycles. The Balaban J connectivity index is 1.71. The summed E-state index contributed by atoms with van der Waals surface area (Å²) in [5.74, 6) is -0.0279. The number of carbonyl (C=O) groups is 2. The van der Waals surface area contributed by atoms with Crippen LogP contribution >= 0.6 is 0 Å². The average Bonchev–Trinajstić information content (AvgIpc) is 2.77. The van der Waals surface area contributed by atoms with Crippen LogP contribution in [0, 0.1) is 13.8 Å². The van der Waals surface area contributed by atoms with Gasteiger partial charge in [-0.2, -0.15) is 0 Å². The number of aliphatic imine (C=N–C) groups is 1. The van der Waals surface area contributed by atoms with Crippen molar-refractivity contribution in [2.24, 2.45) is 4.99 Å². The Morgan fingerprint density at radius 3 is 2.44 bits per heavy atom. The van der Waals surface area contributed by atoms with Gasteiger partial charge in [0.05, 0.1) is 19.8 Å². The molecule has 0 aliphatic carbocycles. The molecule has 0 bridgehead atoms. The van der Waals surface area contributed by atoms with Gasteiger partial charge in [-0.1, -0.05) is 12.1 Å². The third-order valence-corrected chi connectivity index (χ3v) is 5.14. The van der Waals surface area contributed by atoms with Gasteiger partial charge in [0.15, 0.2) is 0 Å². The molecular weight excluding hydrogens is 406 g/mol. The van der Waals surface area contributed by atoms with Crippen molar-refractivity contribution in [2.45, 2.75) is 20.8 Å². The third kappa shape index (κ3) is 7.18. The van der Waals surface area contributed by atoms with Crippen LogP contribution in [0.2, 0.25) is 0 Å². The second-order valence-corrected chi connectivity index (χ2v) is 7.84. The molecule has 0 radical (unpaired) electrons. The van der Waals surface area contributed by atoms with Crippen molar-refractivity contribution in [3.8, 4) is 0 Å². The van der Waals surface area contributed by atoms with Crippen LogP contribution < -0.4 is 16.0 Å². The van der Waals surface area contributed by atoms with E-state index in [9.17, 15) is 9.59 Å². The lowest BCUT2D eigenvalue weighted by atomic mass is 10.1. The first-order valence-electron chi connectivity index (χ1n) is 10.8. The molecular formula is C24H31N5O3. The number of aryl methyl sites for hydroxylation is 2. The van der Waals surface area contributed by atoms with Gasteiger partial charge in [-0.15, -0.1) is 0 Å². The highest BCUT2D eigenvalue weighted by Crippen LogP contribution is 2.16. The largest absolute Gasteiger partial charge is 0.379 e. The minimum Gasteiger partial charge on any atom is -0.379 e. The molecule has 1 fully saturated rings. The number of nitrogens with zero attached hydrogens (tertiary/aromatic N) is 2. The van der Waals surface area contributed by atoms with Crippen LogP contribution in [0.3, 0.4) is 0 Å². The van der Waals surface area contributed by atoms with E-state index in [1.165, 1.54) is 6.92 Å². The quantitative estimate of drug-likeness (QED) is 0.477. The molecule has 1 heterocycles. The predicted octanol–water partition coefficient (Wildman–Crippen LogP) is 2.79. The van der Waals surface area contributed by atoms with E-state index in [4.69, 9.17) is 4.74 Å². The van der Waals surface area contributed by atoms with Gasteiger partial charge in [-0.3, -0.25) is 24.8 Å². The van der Waals surface area contributed by atoms with Gasteiger partial charge in [-0.05, 0) is 55.3 Å². The minimum atomic E-state index is -0.276. The molecule has 1 aliphatic rings. The van der Waals surface area contributed by atoms with Gasteiger partial charge in [0.1, 0.15) is 0 Å². The van der Waals surface area contributed by atoms with Gasteiger partial charge in [0.25, 0.3) is 5.91 Å². The molecule has 3 N–H and O–H groups in total. The number of carbonyl (C=O) groups excluding carboxylic acids is 2. The number of rotatable bonds is 6. The van der Waals surface area contributed by atoms with Gasteiger partial charge in [-0.25, -0.2) is 0 Å². The SMILES string of the molecule is CC(=O)Nc1ccc(C(=O)NC(=NCCN2CCOCC2)Nc2cc(C)ccc2C)cc1. The summed E-state index contributed by atoms with van der Waals surface area (Å²) in [7, 11) is 0. The highest BCUT2D eigenvalue weighted by Gasteiger charge is 2.13. The van der Waals surface area contributed by atoms with E-state index < -0.39 is 0 Å². The lowest BCUT2D eigenvalue weighted by molar-refractivity contribution is -0.114. The topological polar surface area (TPSA) is 95.1 Å². The molecule has 0 unspecified atom stereocenters. The van der Waals surface area contributed by atoms with Crippen LogP contribution in [0.5, 0.6) is 0 Å². The highest BCUT2D eigenvalue weighted by atomic mass is 16.5. The maximum absolute atomic E-state index is 12.8. The zero-order valence-corrected chi connectivity index (χ0v) is 18.9. The molecule has 0 aromatic heterocycles. The van der Waals surface area contributed by atoms with Crippen LogP contribution in [0.15, 0.2) is 47.5 Å². The zero-order valence-electron chi connectivity index (χ0n) is 18.9. The highest BCUT2D eigenvalue weighted by molar-refractivity contribution is 6.10. The Morgan fingerprint density at radius 1 is 1.03 bits per heavy atom. The van der Waals surface area contributed by atoms with E-state index in [1.807, 2.05) is 32.0 Å². The fourth-order valence-electron chi connectivity index (χ4n) is 3.32. The lowest BCUT2D eigenvalue weighted by Gasteiger charge is -2.25. The number of ether oxygens (including phenoxy) is 1.